The predicted octanol–water partition coefficient (Wildman–Crippen LogP) is 1.53. The van der Waals surface area contributed by atoms with Crippen molar-refractivity contribution in [1.82, 2.24) is 10.2 Å². The number of amides is 3. The molecule has 1 aromatic rings. The fourth-order valence-corrected chi connectivity index (χ4v) is 3.43. The zero-order chi connectivity index (χ0) is 18.7. The number of anilines is 1. The van der Waals surface area contributed by atoms with E-state index in [-0.39, 0.29) is 42.1 Å². The maximum Gasteiger partial charge on any atom is 0.317 e. The fraction of sp³-hybridized carbons (Fsp3) is 0.500. The number of ether oxygens (including phenoxy) is 1. The highest BCUT2D eigenvalue weighted by molar-refractivity contribution is 5.96. The van der Waals surface area contributed by atoms with Crippen LogP contribution in [0.5, 0.6) is 0 Å². The second kappa shape index (κ2) is 7.72. The number of hydrogen-bond donors (Lipinski definition) is 1. The third kappa shape index (κ3) is 3.95. The van der Waals surface area contributed by atoms with Gasteiger partial charge in [-0.15, -0.1) is 0 Å². The number of carbonyl (C=O) groups excluding carboxylic acids is 3. The van der Waals surface area contributed by atoms with E-state index in [1.807, 2.05) is 0 Å². The number of nitrogens with zero attached hydrogens (tertiary/aromatic N) is 2. The Labute approximate surface area is 151 Å². The van der Waals surface area contributed by atoms with Gasteiger partial charge in [-0.2, -0.15) is 0 Å². The van der Waals surface area contributed by atoms with Gasteiger partial charge in [-0.1, -0.05) is 0 Å². The molecule has 0 bridgehead atoms. The van der Waals surface area contributed by atoms with Crippen LogP contribution >= 0.6 is 0 Å². The Hall–Kier alpha value is -2.64. The lowest BCUT2D eigenvalue weighted by Crippen LogP contribution is -2.49. The third-order valence-electron chi connectivity index (χ3n) is 4.91. The van der Waals surface area contributed by atoms with Crippen LogP contribution < -0.4 is 10.2 Å². The lowest BCUT2D eigenvalue weighted by Gasteiger charge is -2.31. The largest absolute Gasteiger partial charge is 0.469 e. The van der Waals surface area contributed by atoms with Gasteiger partial charge in [0.15, 0.2) is 0 Å². The van der Waals surface area contributed by atoms with E-state index in [4.69, 9.17) is 4.74 Å². The number of esters is 1. The first-order valence-corrected chi connectivity index (χ1v) is 8.67. The summed E-state index contributed by atoms with van der Waals surface area (Å²) in [6, 6.07) is 5.19. The van der Waals surface area contributed by atoms with E-state index < -0.39 is 0 Å². The average Bonchev–Trinajstić information content (AvgIpc) is 3.02. The number of nitrogens with one attached hydrogen (secondary N) is 1. The number of benzene rings is 1. The van der Waals surface area contributed by atoms with Gasteiger partial charge < -0.3 is 19.9 Å². The molecule has 2 fully saturated rings. The number of likely N-dealkylation sites (tertiary alicyclic amines) is 1. The number of piperidine rings is 1. The maximum atomic E-state index is 13.0. The lowest BCUT2D eigenvalue weighted by atomic mass is 9.97. The fourth-order valence-electron chi connectivity index (χ4n) is 3.43. The molecule has 0 saturated carbocycles. The topological polar surface area (TPSA) is 79.0 Å². The van der Waals surface area contributed by atoms with Gasteiger partial charge in [0.05, 0.1) is 19.1 Å². The first-order chi connectivity index (χ1) is 12.5. The first kappa shape index (κ1) is 18.2. The molecule has 1 N–H and O–H groups in total. The highest BCUT2D eigenvalue weighted by Gasteiger charge is 2.34. The van der Waals surface area contributed by atoms with E-state index in [9.17, 15) is 18.8 Å². The summed E-state index contributed by atoms with van der Waals surface area (Å²) in [6.07, 6.45) is 1.36. The molecule has 0 aromatic heterocycles. The van der Waals surface area contributed by atoms with Crippen LogP contribution in [0.15, 0.2) is 24.3 Å². The number of urea groups is 1. The summed E-state index contributed by atoms with van der Waals surface area (Å²) in [6.45, 7) is 1.32. The minimum absolute atomic E-state index is 0.105. The second-order valence-corrected chi connectivity index (χ2v) is 6.62. The summed E-state index contributed by atoms with van der Waals surface area (Å²) in [5, 5.41) is 2.88. The van der Waals surface area contributed by atoms with Crippen LogP contribution in [0.4, 0.5) is 14.9 Å². The summed E-state index contributed by atoms with van der Waals surface area (Å²) in [5.74, 6) is -0.862. The molecule has 8 heteroatoms. The van der Waals surface area contributed by atoms with E-state index in [0.717, 1.165) is 0 Å². The number of methoxy groups -OCH3 is 1. The smallest absolute Gasteiger partial charge is 0.317 e. The molecule has 2 saturated heterocycles. The van der Waals surface area contributed by atoms with Crippen molar-refractivity contribution >= 4 is 23.6 Å². The zero-order valence-corrected chi connectivity index (χ0v) is 14.6. The predicted molar refractivity (Wildman–Crippen MR) is 92.0 cm³/mol. The summed E-state index contributed by atoms with van der Waals surface area (Å²) in [7, 11) is 1.37. The minimum atomic E-state index is -0.361. The molecule has 26 heavy (non-hydrogen) atoms. The van der Waals surface area contributed by atoms with Crippen molar-refractivity contribution < 1.29 is 23.5 Å². The van der Waals surface area contributed by atoms with Crippen molar-refractivity contribution in [3.63, 3.8) is 0 Å². The molecule has 0 radical (unpaired) electrons. The van der Waals surface area contributed by atoms with E-state index in [2.05, 4.69) is 5.32 Å². The zero-order valence-electron chi connectivity index (χ0n) is 14.6. The van der Waals surface area contributed by atoms with Crippen molar-refractivity contribution in [2.24, 2.45) is 5.92 Å². The molecule has 3 amide bonds. The van der Waals surface area contributed by atoms with Crippen molar-refractivity contribution in [1.29, 1.82) is 0 Å². The van der Waals surface area contributed by atoms with Crippen molar-refractivity contribution in [3.8, 4) is 0 Å². The molecular weight excluding hydrogens is 341 g/mol. The molecule has 140 valence electrons. The van der Waals surface area contributed by atoms with Crippen LogP contribution in [0.1, 0.15) is 19.3 Å². The summed E-state index contributed by atoms with van der Waals surface area (Å²) in [5.41, 5.74) is 0.618. The van der Waals surface area contributed by atoms with Gasteiger partial charge in [0.25, 0.3) is 0 Å². The van der Waals surface area contributed by atoms with Gasteiger partial charge in [0.2, 0.25) is 5.91 Å². The Morgan fingerprint density at radius 3 is 2.46 bits per heavy atom. The summed E-state index contributed by atoms with van der Waals surface area (Å²) >= 11 is 0. The standard InChI is InChI=1S/C18H22FN3O4/c1-26-17(24)12-6-8-21(9-7-12)18(25)20-14-10-16(23)22(11-14)15-4-2-13(19)3-5-15/h2-5,12,14H,6-11H2,1H3,(H,20,25)/t14-/m1/s1. The van der Waals surface area contributed by atoms with E-state index >= 15 is 0 Å². The molecule has 0 aliphatic carbocycles. The summed E-state index contributed by atoms with van der Waals surface area (Å²) < 4.78 is 17.8. The van der Waals surface area contributed by atoms with E-state index in [1.54, 1.807) is 21.9 Å². The molecule has 3 rings (SSSR count). The van der Waals surface area contributed by atoms with Gasteiger partial charge in [-0.3, -0.25) is 9.59 Å². The van der Waals surface area contributed by atoms with Crippen molar-refractivity contribution in [2.45, 2.75) is 25.3 Å². The SMILES string of the molecule is COC(=O)C1CCN(C(=O)N[C@@H]2CC(=O)N(c3ccc(F)cc3)C2)CC1. The quantitative estimate of drug-likeness (QED) is 0.826. The van der Waals surface area contributed by atoms with Crippen LogP contribution in [-0.2, 0) is 14.3 Å². The molecule has 7 nitrogen and oxygen atoms in total. The lowest BCUT2D eigenvalue weighted by molar-refractivity contribution is -0.146. The number of rotatable bonds is 3. The van der Waals surface area contributed by atoms with Gasteiger partial charge in [-0.25, -0.2) is 9.18 Å². The van der Waals surface area contributed by atoms with Crippen molar-refractivity contribution in [3.05, 3.63) is 30.1 Å². The Balaban J connectivity index is 1.52. The third-order valence-corrected chi connectivity index (χ3v) is 4.91. The van der Waals surface area contributed by atoms with E-state index in [1.165, 1.54) is 19.2 Å². The Kier molecular flexibility index (Phi) is 5.39. The van der Waals surface area contributed by atoms with Crippen LogP contribution in [0, 0.1) is 11.7 Å². The van der Waals surface area contributed by atoms with Crippen LogP contribution in [0.2, 0.25) is 0 Å². The van der Waals surface area contributed by atoms with Gasteiger partial charge >= 0.3 is 12.0 Å². The normalized spacial score (nSPS) is 21.0. The van der Waals surface area contributed by atoms with Crippen LogP contribution in [0.3, 0.4) is 0 Å². The average molecular weight is 363 g/mol. The number of hydrogen-bond acceptors (Lipinski definition) is 4. The monoisotopic (exact) mass is 363 g/mol. The molecule has 2 aliphatic rings. The molecule has 0 unspecified atom stereocenters. The molecule has 0 spiro atoms. The van der Waals surface area contributed by atoms with Gasteiger partial charge in [0, 0.05) is 31.7 Å². The van der Waals surface area contributed by atoms with E-state index in [0.29, 0.717) is 38.2 Å². The maximum absolute atomic E-state index is 13.0. The highest BCUT2D eigenvalue weighted by Crippen LogP contribution is 2.23. The Bertz CT molecular complexity index is 686. The molecule has 2 aliphatic heterocycles. The highest BCUT2D eigenvalue weighted by atomic mass is 19.1. The van der Waals surface area contributed by atoms with Gasteiger partial charge in [0.1, 0.15) is 5.82 Å². The molecule has 1 aromatic carbocycles. The number of carbonyl (C=O) groups is 3. The van der Waals surface area contributed by atoms with Gasteiger partial charge in [-0.05, 0) is 37.1 Å². The number of halogens is 1. The first-order valence-electron chi connectivity index (χ1n) is 8.67. The van der Waals surface area contributed by atoms with Crippen molar-refractivity contribution in [2.75, 3.05) is 31.6 Å². The van der Waals surface area contributed by atoms with Crippen LogP contribution in [-0.4, -0.2) is 55.6 Å². The summed E-state index contributed by atoms with van der Waals surface area (Å²) in [4.78, 5) is 39.4. The Morgan fingerprint density at radius 1 is 1.19 bits per heavy atom. The van der Waals surface area contributed by atoms with Crippen LogP contribution in [0.25, 0.3) is 0 Å². The second-order valence-electron chi connectivity index (χ2n) is 6.62. The molecule has 2 heterocycles. The minimum Gasteiger partial charge on any atom is -0.469 e. The molecular formula is C18H22FN3O4. The Morgan fingerprint density at radius 2 is 1.85 bits per heavy atom. The molecule has 1 atom stereocenters.